The number of ether oxygens (including phenoxy) is 7. The van der Waals surface area contributed by atoms with Crippen molar-refractivity contribution in [1.82, 2.24) is 0 Å². The molecular weight excluding hydrogens is 428 g/mol. The van der Waals surface area contributed by atoms with E-state index in [1.165, 1.54) is 27.7 Å². The maximum atomic E-state index is 11.8. The molecule has 2 unspecified atom stereocenters. The number of hydrogen-bond donors (Lipinski definition) is 0. The molecule has 180 valence electrons. The fourth-order valence-electron chi connectivity index (χ4n) is 4.44. The first-order chi connectivity index (χ1) is 15.1. The maximum Gasteiger partial charge on any atom is 0.305 e. The largest absolute Gasteiger partial charge is 0.462 e. The molecule has 3 aliphatic rings. The molecule has 1 aliphatic carbocycles. The fraction of sp³-hybridized carbons (Fsp3) is 0.810. The molecule has 0 amide bonds. The SMILES string of the molecule is CC(=O)OC[C@@H](OC(C)=O)[C@@H]1O[C@@H](OC(C)=O)C(OC(C)=O)[C@@H]2OC3(CCCCC3)OC21. The van der Waals surface area contributed by atoms with Gasteiger partial charge in [0.05, 0.1) is 0 Å². The summed E-state index contributed by atoms with van der Waals surface area (Å²) in [6.07, 6.45) is -2.13. The van der Waals surface area contributed by atoms with E-state index in [0.29, 0.717) is 12.8 Å². The number of carbonyl (C=O) groups excluding carboxylic acids is 4. The van der Waals surface area contributed by atoms with Gasteiger partial charge in [-0.3, -0.25) is 19.2 Å². The Labute approximate surface area is 185 Å². The zero-order valence-electron chi connectivity index (χ0n) is 18.7. The summed E-state index contributed by atoms with van der Waals surface area (Å²) in [4.78, 5) is 46.7. The van der Waals surface area contributed by atoms with Crippen LogP contribution < -0.4 is 0 Å². The Balaban J connectivity index is 1.95. The van der Waals surface area contributed by atoms with Gasteiger partial charge in [0.25, 0.3) is 0 Å². The predicted molar refractivity (Wildman–Crippen MR) is 104 cm³/mol. The number of esters is 4. The van der Waals surface area contributed by atoms with E-state index in [4.69, 9.17) is 33.2 Å². The van der Waals surface area contributed by atoms with Crippen LogP contribution in [-0.4, -0.2) is 73.1 Å². The lowest BCUT2D eigenvalue weighted by atomic mass is 9.94. The smallest absolute Gasteiger partial charge is 0.305 e. The average molecular weight is 458 g/mol. The van der Waals surface area contributed by atoms with Crippen LogP contribution in [0.4, 0.5) is 0 Å². The molecule has 0 aromatic rings. The number of fused-ring (bicyclic) bond motifs is 1. The Morgan fingerprint density at radius 2 is 1.47 bits per heavy atom. The van der Waals surface area contributed by atoms with E-state index in [-0.39, 0.29) is 6.61 Å². The summed E-state index contributed by atoms with van der Waals surface area (Å²) in [6.45, 7) is 4.54. The summed E-state index contributed by atoms with van der Waals surface area (Å²) in [5.41, 5.74) is 0. The lowest BCUT2D eigenvalue weighted by Gasteiger charge is -2.42. The molecule has 11 heteroatoms. The Morgan fingerprint density at radius 1 is 0.844 bits per heavy atom. The third kappa shape index (κ3) is 5.76. The van der Waals surface area contributed by atoms with Gasteiger partial charge >= 0.3 is 23.9 Å². The van der Waals surface area contributed by atoms with E-state index in [9.17, 15) is 19.2 Å². The molecule has 2 aliphatic heterocycles. The monoisotopic (exact) mass is 458 g/mol. The lowest BCUT2D eigenvalue weighted by molar-refractivity contribution is -0.289. The van der Waals surface area contributed by atoms with Gasteiger partial charge in [-0.25, -0.2) is 0 Å². The Hall–Kier alpha value is -2.24. The van der Waals surface area contributed by atoms with Crippen molar-refractivity contribution in [3.63, 3.8) is 0 Å². The third-order valence-electron chi connectivity index (χ3n) is 5.57. The van der Waals surface area contributed by atoms with Crippen LogP contribution in [0.1, 0.15) is 59.8 Å². The highest BCUT2D eigenvalue weighted by Crippen LogP contribution is 2.46. The van der Waals surface area contributed by atoms with Gasteiger partial charge in [0.1, 0.15) is 24.9 Å². The van der Waals surface area contributed by atoms with Gasteiger partial charge in [0, 0.05) is 40.5 Å². The zero-order valence-corrected chi connectivity index (χ0v) is 18.7. The van der Waals surface area contributed by atoms with Crippen LogP contribution in [0.2, 0.25) is 0 Å². The molecule has 0 aromatic heterocycles. The molecule has 2 heterocycles. The normalized spacial score (nSPS) is 31.8. The standard InChI is InChI=1S/C21H30O11/c1-11(22)26-10-15(27-12(2)23)16-17-18(32-21(31-17)8-6-5-7-9-21)19(28-13(3)24)20(30-16)29-14(4)25/h15-20H,5-10H2,1-4H3/t15-,16+,17?,18-,19?,20-/m1/s1. The minimum atomic E-state index is -1.33. The van der Waals surface area contributed by atoms with E-state index < -0.39 is 66.5 Å². The maximum absolute atomic E-state index is 11.8. The van der Waals surface area contributed by atoms with Gasteiger partial charge in [-0.2, -0.15) is 0 Å². The van der Waals surface area contributed by atoms with Crippen molar-refractivity contribution in [2.24, 2.45) is 0 Å². The first-order valence-corrected chi connectivity index (χ1v) is 10.8. The van der Waals surface area contributed by atoms with Gasteiger partial charge < -0.3 is 33.2 Å². The quantitative estimate of drug-likeness (QED) is 0.419. The summed E-state index contributed by atoms with van der Waals surface area (Å²) >= 11 is 0. The number of rotatable bonds is 6. The first kappa shape index (κ1) is 24.4. The minimum Gasteiger partial charge on any atom is -0.462 e. The molecule has 3 fully saturated rings. The molecule has 1 saturated carbocycles. The van der Waals surface area contributed by atoms with Crippen LogP contribution in [0.5, 0.6) is 0 Å². The molecule has 0 radical (unpaired) electrons. The van der Waals surface area contributed by atoms with Gasteiger partial charge in [0.2, 0.25) is 6.29 Å². The Kier molecular flexibility index (Phi) is 7.73. The van der Waals surface area contributed by atoms with Crippen molar-refractivity contribution in [2.45, 2.75) is 102 Å². The van der Waals surface area contributed by atoms with Crippen molar-refractivity contribution in [3.05, 3.63) is 0 Å². The van der Waals surface area contributed by atoms with Crippen molar-refractivity contribution in [3.8, 4) is 0 Å². The van der Waals surface area contributed by atoms with Crippen molar-refractivity contribution < 1.29 is 52.3 Å². The van der Waals surface area contributed by atoms with Crippen LogP contribution >= 0.6 is 0 Å². The average Bonchev–Trinajstić information content (AvgIpc) is 3.05. The van der Waals surface area contributed by atoms with Gasteiger partial charge in [-0.05, 0) is 12.8 Å². The van der Waals surface area contributed by atoms with Crippen LogP contribution in [0.25, 0.3) is 0 Å². The molecule has 0 bridgehead atoms. The molecular formula is C21H30O11. The van der Waals surface area contributed by atoms with Crippen molar-refractivity contribution in [1.29, 1.82) is 0 Å². The highest BCUT2D eigenvalue weighted by Gasteiger charge is 2.62. The van der Waals surface area contributed by atoms with Gasteiger partial charge in [0.15, 0.2) is 18.0 Å². The molecule has 3 rings (SSSR count). The third-order valence-corrected chi connectivity index (χ3v) is 5.57. The highest BCUT2D eigenvalue weighted by molar-refractivity contribution is 5.68. The van der Waals surface area contributed by atoms with Crippen molar-refractivity contribution >= 4 is 23.9 Å². The summed E-state index contributed by atoms with van der Waals surface area (Å²) in [6, 6.07) is 0. The lowest BCUT2D eigenvalue weighted by Crippen LogP contribution is -2.62. The van der Waals surface area contributed by atoms with E-state index in [2.05, 4.69) is 0 Å². The minimum absolute atomic E-state index is 0.301. The summed E-state index contributed by atoms with van der Waals surface area (Å²) in [5, 5.41) is 0. The molecule has 0 N–H and O–H groups in total. The van der Waals surface area contributed by atoms with E-state index >= 15 is 0 Å². The highest BCUT2D eigenvalue weighted by atomic mass is 16.8. The second-order valence-electron chi connectivity index (χ2n) is 8.24. The predicted octanol–water partition coefficient (Wildman–Crippen LogP) is 1.15. The second kappa shape index (κ2) is 10.1. The fourth-order valence-corrected chi connectivity index (χ4v) is 4.44. The summed E-state index contributed by atoms with van der Waals surface area (Å²) in [7, 11) is 0. The van der Waals surface area contributed by atoms with Crippen LogP contribution in [0.15, 0.2) is 0 Å². The number of carbonyl (C=O) groups is 4. The van der Waals surface area contributed by atoms with Gasteiger partial charge in [-0.15, -0.1) is 0 Å². The molecule has 0 aromatic carbocycles. The Morgan fingerprint density at radius 3 is 2.03 bits per heavy atom. The summed E-state index contributed by atoms with van der Waals surface area (Å²) in [5.74, 6) is -3.39. The Bertz CT molecular complexity index is 715. The zero-order chi connectivity index (χ0) is 23.5. The van der Waals surface area contributed by atoms with E-state index in [1.807, 2.05) is 0 Å². The summed E-state index contributed by atoms with van der Waals surface area (Å²) < 4.78 is 39.7. The van der Waals surface area contributed by atoms with Crippen LogP contribution in [-0.2, 0) is 52.3 Å². The second-order valence-corrected chi connectivity index (χ2v) is 8.24. The van der Waals surface area contributed by atoms with E-state index in [1.54, 1.807) is 0 Å². The topological polar surface area (TPSA) is 133 Å². The molecule has 32 heavy (non-hydrogen) atoms. The van der Waals surface area contributed by atoms with Crippen molar-refractivity contribution in [2.75, 3.05) is 6.61 Å². The molecule has 2 saturated heterocycles. The molecule has 6 atom stereocenters. The molecule has 1 spiro atoms. The first-order valence-electron chi connectivity index (χ1n) is 10.8. The van der Waals surface area contributed by atoms with Crippen LogP contribution in [0, 0.1) is 0 Å². The van der Waals surface area contributed by atoms with Gasteiger partial charge in [-0.1, -0.05) is 6.42 Å². The number of hydrogen-bond acceptors (Lipinski definition) is 11. The van der Waals surface area contributed by atoms with E-state index in [0.717, 1.165) is 19.3 Å². The molecule has 11 nitrogen and oxygen atoms in total. The van der Waals surface area contributed by atoms with Crippen LogP contribution in [0.3, 0.4) is 0 Å².